The first-order valence-corrected chi connectivity index (χ1v) is 10.3. The van der Waals surface area contributed by atoms with Crippen molar-refractivity contribution < 1.29 is 55.5 Å². The molecule has 23 heavy (non-hydrogen) atoms. The van der Waals surface area contributed by atoms with Crippen molar-refractivity contribution in [2.24, 2.45) is 0 Å². The quantitative estimate of drug-likeness (QED) is 0.245. The second-order valence-corrected chi connectivity index (χ2v) is 7.00. The van der Waals surface area contributed by atoms with Gasteiger partial charge in [-0.1, -0.05) is 52.4 Å². The third-order valence-corrected chi connectivity index (χ3v) is 3.36. The second-order valence-electron chi connectivity index (χ2n) is 4.69. The van der Waals surface area contributed by atoms with Crippen molar-refractivity contribution >= 4 is 18.2 Å². The van der Waals surface area contributed by atoms with Crippen LogP contribution >= 0.6 is 7.82 Å². The van der Waals surface area contributed by atoms with Gasteiger partial charge < -0.3 is 14.7 Å². The van der Waals surface area contributed by atoms with Crippen molar-refractivity contribution in [3.63, 3.8) is 0 Å². The van der Waals surface area contributed by atoms with Gasteiger partial charge in [-0.15, -0.1) is 0 Å². The van der Waals surface area contributed by atoms with E-state index in [1.165, 1.54) is 19.3 Å². The molecule has 0 saturated carbocycles. The maximum atomic E-state index is 11.2. The van der Waals surface area contributed by atoms with E-state index in [4.69, 9.17) is 23.4 Å². The predicted octanol–water partition coefficient (Wildman–Crippen LogP) is 2.49. The van der Waals surface area contributed by atoms with E-state index in [0.29, 0.717) is 0 Å². The fourth-order valence-electron chi connectivity index (χ4n) is 1.38. The first-order valence-electron chi connectivity index (χ1n) is 7.44. The van der Waals surface area contributed by atoms with Gasteiger partial charge in [0.05, 0.1) is 13.2 Å². The summed E-state index contributed by atoms with van der Waals surface area (Å²) in [4.78, 5) is 21.6. The van der Waals surface area contributed by atoms with E-state index < -0.39 is 18.2 Å². The van der Waals surface area contributed by atoms with Gasteiger partial charge in [-0.25, -0.2) is 12.9 Å². The molecule has 0 aliphatic heterocycles. The van der Waals surface area contributed by atoms with Gasteiger partial charge in [0.25, 0.3) is 0 Å². The van der Waals surface area contributed by atoms with Crippen molar-refractivity contribution in [1.82, 2.24) is 0 Å². The molecule has 0 unspecified atom stereocenters. The molecule has 0 aliphatic rings. The van der Waals surface area contributed by atoms with Gasteiger partial charge in [-0.2, -0.15) is 8.42 Å². The molecule has 11 heteroatoms. The standard InChI is InChI=1S/C12H26O4S.H3O4P.Zn/c1-3-5-7-8-9-10-12-16-17(13,14)15-11-6-4-2;1-5(2,3)4;/h3-12H2,1-2H3;(H3,1,2,3,4);. The molecule has 8 nitrogen and oxygen atoms in total. The van der Waals surface area contributed by atoms with Crippen molar-refractivity contribution in [3.8, 4) is 0 Å². The van der Waals surface area contributed by atoms with Gasteiger partial charge >= 0.3 is 18.2 Å². The minimum Gasteiger partial charge on any atom is -0.303 e. The normalized spacial score (nSPS) is 11.3. The Morgan fingerprint density at radius 2 is 1.13 bits per heavy atom. The minimum absolute atomic E-state index is 0. The Kier molecular flexibility index (Phi) is 21.5. The molecular formula is C12H29O8PSZn. The van der Waals surface area contributed by atoms with Crippen molar-refractivity contribution in [1.29, 1.82) is 0 Å². The molecule has 0 bridgehead atoms. The van der Waals surface area contributed by atoms with Crippen LogP contribution in [0.3, 0.4) is 0 Å². The maximum Gasteiger partial charge on any atom is 0.466 e. The molecule has 0 radical (unpaired) electrons. The van der Waals surface area contributed by atoms with Crippen LogP contribution in [0.2, 0.25) is 0 Å². The van der Waals surface area contributed by atoms with E-state index >= 15 is 0 Å². The fourth-order valence-corrected chi connectivity index (χ4v) is 2.09. The van der Waals surface area contributed by atoms with Crippen LogP contribution in [0.15, 0.2) is 0 Å². The Morgan fingerprint density at radius 3 is 1.57 bits per heavy atom. The predicted molar refractivity (Wildman–Crippen MR) is 83.4 cm³/mol. The molecule has 0 saturated heterocycles. The summed E-state index contributed by atoms with van der Waals surface area (Å²) in [5.41, 5.74) is 0. The monoisotopic (exact) mass is 428 g/mol. The van der Waals surface area contributed by atoms with E-state index in [1.54, 1.807) is 0 Å². The molecule has 0 aromatic rings. The largest absolute Gasteiger partial charge is 0.466 e. The zero-order valence-corrected chi connectivity index (χ0v) is 18.7. The van der Waals surface area contributed by atoms with Crippen LogP contribution in [-0.4, -0.2) is 36.3 Å². The van der Waals surface area contributed by atoms with Crippen LogP contribution in [0.4, 0.5) is 0 Å². The molecule has 138 valence electrons. The molecule has 0 amide bonds. The Labute approximate surface area is 152 Å². The SMILES string of the molecule is CCCCCCCCOS(=O)(=O)OCCCC.O=P(O)(O)O.[Zn]. The third-order valence-electron chi connectivity index (χ3n) is 2.45. The Morgan fingerprint density at radius 1 is 0.783 bits per heavy atom. The van der Waals surface area contributed by atoms with Gasteiger partial charge in [-0.3, -0.25) is 0 Å². The van der Waals surface area contributed by atoms with Crippen LogP contribution < -0.4 is 0 Å². The summed E-state index contributed by atoms with van der Waals surface area (Å²) in [5, 5.41) is 0. The summed E-state index contributed by atoms with van der Waals surface area (Å²) in [6.07, 6.45) is 8.27. The van der Waals surface area contributed by atoms with Crippen molar-refractivity contribution in [2.75, 3.05) is 13.2 Å². The summed E-state index contributed by atoms with van der Waals surface area (Å²) in [5.74, 6) is 0. The molecule has 0 fully saturated rings. The van der Waals surface area contributed by atoms with Gasteiger partial charge in [0.15, 0.2) is 0 Å². The minimum atomic E-state index is -4.64. The van der Waals surface area contributed by atoms with E-state index in [9.17, 15) is 8.42 Å². The van der Waals surface area contributed by atoms with E-state index in [2.05, 4.69) is 11.1 Å². The number of unbranched alkanes of at least 4 members (excludes halogenated alkanes) is 6. The third kappa shape index (κ3) is 34.8. The summed E-state index contributed by atoms with van der Waals surface area (Å²) in [7, 11) is -8.39. The van der Waals surface area contributed by atoms with E-state index in [1.807, 2.05) is 6.92 Å². The topological polar surface area (TPSA) is 130 Å². The van der Waals surface area contributed by atoms with Crippen LogP contribution in [-0.2, 0) is 42.8 Å². The first kappa shape index (κ1) is 28.4. The Bertz CT molecular complexity index is 376. The van der Waals surface area contributed by atoms with Crippen molar-refractivity contribution in [3.05, 3.63) is 0 Å². The summed E-state index contributed by atoms with van der Waals surface area (Å²) in [6, 6.07) is 0. The summed E-state index contributed by atoms with van der Waals surface area (Å²) >= 11 is 0. The molecule has 0 atom stereocenters. The maximum absolute atomic E-state index is 11.2. The van der Waals surface area contributed by atoms with Crippen LogP contribution in [0.5, 0.6) is 0 Å². The fraction of sp³-hybridized carbons (Fsp3) is 1.00. The average molecular weight is 430 g/mol. The second kappa shape index (κ2) is 17.4. The Hall–Kier alpha value is 0.603. The molecule has 0 rings (SSSR count). The summed E-state index contributed by atoms with van der Waals surface area (Å²) in [6.45, 7) is 4.60. The van der Waals surface area contributed by atoms with Crippen molar-refractivity contribution in [2.45, 2.75) is 65.2 Å². The number of hydrogen-bond donors (Lipinski definition) is 3. The molecule has 0 aliphatic carbocycles. The molecule has 0 spiro atoms. The number of hydrogen-bond acceptors (Lipinski definition) is 5. The summed E-state index contributed by atoms with van der Waals surface area (Å²) < 4.78 is 40.7. The van der Waals surface area contributed by atoms with Gasteiger partial charge in [-0.05, 0) is 12.8 Å². The average Bonchev–Trinajstić information content (AvgIpc) is 2.36. The van der Waals surface area contributed by atoms with Gasteiger partial charge in [0.1, 0.15) is 0 Å². The van der Waals surface area contributed by atoms with E-state index in [0.717, 1.165) is 32.1 Å². The molecule has 0 aromatic heterocycles. The number of phosphoric acid groups is 1. The van der Waals surface area contributed by atoms with Gasteiger partial charge in [0.2, 0.25) is 0 Å². The van der Waals surface area contributed by atoms with Crippen LogP contribution in [0, 0.1) is 0 Å². The molecule has 0 aromatic carbocycles. The van der Waals surface area contributed by atoms with E-state index in [-0.39, 0.29) is 32.7 Å². The molecule has 0 heterocycles. The van der Waals surface area contributed by atoms with Gasteiger partial charge in [0, 0.05) is 19.5 Å². The first-order chi connectivity index (χ1) is 10.1. The molecular weight excluding hydrogens is 401 g/mol. The Balaban J connectivity index is -0.000000578. The smallest absolute Gasteiger partial charge is 0.303 e. The zero-order valence-electron chi connectivity index (χ0n) is 14.0. The number of rotatable bonds is 12. The van der Waals surface area contributed by atoms with Crippen LogP contribution in [0.1, 0.15) is 65.2 Å². The zero-order chi connectivity index (χ0) is 17.5. The molecule has 3 N–H and O–H groups in total. The van der Waals surface area contributed by atoms with Crippen LogP contribution in [0.25, 0.3) is 0 Å².